The van der Waals surface area contributed by atoms with Gasteiger partial charge in [-0.2, -0.15) is 0 Å². The second kappa shape index (κ2) is 11.4. The number of hydrogen-bond donors (Lipinski definition) is 2. The monoisotopic (exact) mass is 490 g/mol. The molecule has 2 aromatic carbocycles. The molecular formula is C28H34N4O4. The fourth-order valence-corrected chi connectivity index (χ4v) is 4.29. The van der Waals surface area contributed by atoms with E-state index in [1.807, 2.05) is 57.2 Å². The van der Waals surface area contributed by atoms with Crippen LogP contribution in [0.3, 0.4) is 0 Å². The Balaban J connectivity index is 1.32. The lowest BCUT2D eigenvalue weighted by atomic mass is 9.96. The molecule has 2 amide bonds. The molecule has 1 saturated heterocycles. The van der Waals surface area contributed by atoms with Crippen LogP contribution in [-0.4, -0.2) is 40.9 Å². The SMILES string of the molecule is Cc1oc(-c2ccc(C(=O)NCc3ccc(OC(C)C)cc3)cc2)nc1CN1CCC(C(N)=O)CC1. The number of carbonyl (C=O) groups excluding carboxylic acids is 2. The van der Waals surface area contributed by atoms with Crippen LogP contribution < -0.4 is 15.8 Å². The van der Waals surface area contributed by atoms with Crippen LogP contribution in [0.1, 0.15) is 54.1 Å². The lowest BCUT2D eigenvalue weighted by Crippen LogP contribution is -2.38. The highest BCUT2D eigenvalue weighted by molar-refractivity contribution is 5.94. The topological polar surface area (TPSA) is 111 Å². The van der Waals surface area contributed by atoms with E-state index in [0.717, 1.165) is 54.3 Å². The van der Waals surface area contributed by atoms with Gasteiger partial charge in [0.25, 0.3) is 5.91 Å². The zero-order valence-corrected chi connectivity index (χ0v) is 21.1. The minimum absolute atomic E-state index is 0.0317. The number of piperidine rings is 1. The van der Waals surface area contributed by atoms with Gasteiger partial charge >= 0.3 is 0 Å². The van der Waals surface area contributed by atoms with Crippen molar-refractivity contribution in [2.24, 2.45) is 11.7 Å². The molecule has 0 radical (unpaired) electrons. The molecule has 8 nitrogen and oxygen atoms in total. The maximum absolute atomic E-state index is 12.6. The van der Waals surface area contributed by atoms with E-state index in [4.69, 9.17) is 19.9 Å². The summed E-state index contributed by atoms with van der Waals surface area (Å²) >= 11 is 0. The predicted molar refractivity (Wildman–Crippen MR) is 137 cm³/mol. The van der Waals surface area contributed by atoms with Crippen LogP contribution in [0.4, 0.5) is 0 Å². The summed E-state index contributed by atoms with van der Waals surface area (Å²) in [6.07, 6.45) is 1.68. The van der Waals surface area contributed by atoms with Gasteiger partial charge in [-0.15, -0.1) is 0 Å². The zero-order valence-electron chi connectivity index (χ0n) is 21.1. The third kappa shape index (κ3) is 6.51. The largest absolute Gasteiger partial charge is 0.491 e. The molecule has 1 aliphatic heterocycles. The van der Waals surface area contributed by atoms with Crippen molar-refractivity contribution in [3.8, 4) is 17.2 Å². The number of likely N-dealkylation sites (tertiary alicyclic amines) is 1. The van der Waals surface area contributed by atoms with Gasteiger partial charge in [-0.1, -0.05) is 12.1 Å². The first-order valence-corrected chi connectivity index (χ1v) is 12.4. The Morgan fingerprint density at radius 3 is 2.39 bits per heavy atom. The molecule has 2 heterocycles. The smallest absolute Gasteiger partial charge is 0.251 e. The number of oxazole rings is 1. The quantitative estimate of drug-likeness (QED) is 0.468. The van der Waals surface area contributed by atoms with Gasteiger partial charge in [-0.25, -0.2) is 4.98 Å². The fraction of sp³-hybridized carbons (Fsp3) is 0.393. The zero-order chi connectivity index (χ0) is 25.7. The Kier molecular flexibility index (Phi) is 8.05. The van der Waals surface area contributed by atoms with Crippen LogP contribution in [-0.2, 0) is 17.9 Å². The van der Waals surface area contributed by atoms with Crippen LogP contribution >= 0.6 is 0 Å². The average Bonchev–Trinajstić information content (AvgIpc) is 3.23. The molecule has 3 N–H and O–H groups in total. The van der Waals surface area contributed by atoms with Crippen molar-refractivity contribution in [3.05, 3.63) is 71.1 Å². The Morgan fingerprint density at radius 1 is 1.11 bits per heavy atom. The molecule has 0 aliphatic carbocycles. The van der Waals surface area contributed by atoms with Crippen molar-refractivity contribution in [2.75, 3.05) is 13.1 Å². The molecule has 0 spiro atoms. The van der Waals surface area contributed by atoms with E-state index < -0.39 is 0 Å². The molecule has 1 aromatic heterocycles. The first-order valence-electron chi connectivity index (χ1n) is 12.4. The molecule has 1 fully saturated rings. The number of hydrogen-bond acceptors (Lipinski definition) is 6. The summed E-state index contributed by atoms with van der Waals surface area (Å²) in [5, 5.41) is 2.95. The molecule has 3 aromatic rings. The molecule has 0 unspecified atom stereocenters. The number of primary amides is 1. The number of aromatic nitrogens is 1. The number of nitrogens with one attached hydrogen (secondary N) is 1. The van der Waals surface area contributed by atoms with Crippen molar-refractivity contribution < 1.29 is 18.7 Å². The molecule has 4 rings (SSSR count). The van der Waals surface area contributed by atoms with E-state index >= 15 is 0 Å². The maximum Gasteiger partial charge on any atom is 0.251 e. The Labute approximate surface area is 211 Å². The Hall–Kier alpha value is -3.65. The van der Waals surface area contributed by atoms with Gasteiger partial charge in [0.05, 0.1) is 11.8 Å². The number of carbonyl (C=O) groups is 2. The lowest BCUT2D eigenvalue weighted by Gasteiger charge is -2.29. The highest BCUT2D eigenvalue weighted by Crippen LogP contribution is 2.25. The summed E-state index contributed by atoms with van der Waals surface area (Å²) in [5.74, 6) is 1.73. The van der Waals surface area contributed by atoms with Crippen LogP contribution in [0, 0.1) is 12.8 Å². The summed E-state index contributed by atoms with van der Waals surface area (Å²) in [7, 11) is 0. The van der Waals surface area contributed by atoms with Crippen molar-refractivity contribution in [1.29, 1.82) is 0 Å². The number of aryl methyl sites for hydroxylation is 1. The van der Waals surface area contributed by atoms with Crippen LogP contribution in [0.15, 0.2) is 52.9 Å². The minimum Gasteiger partial charge on any atom is -0.491 e. The first-order chi connectivity index (χ1) is 17.3. The Bertz CT molecular complexity index is 1180. The molecule has 8 heteroatoms. The van der Waals surface area contributed by atoms with Gasteiger partial charge in [0, 0.05) is 30.1 Å². The molecule has 1 aliphatic rings. The summed E-state index contributed by atoms with van der Waals surface area (Å²) in [6.45, 7) is 8.61. The number of rotatable bonds is 9. The molecule has 190 valence electrons. The second-order valence-corrected chi connectivity index (χ2v) is 9.55. The van der Waals surface area contributed by atoms with Crippen molar-refractivity contribution in [1.82, 2.24) is 15.2 Å². The fourth-order valence-electron chi connectivity index (χ4n) is 4.29. The maximum atomic E-state index is 12.6. The van der Waals surface area contributed by atoms with E-state index in [1.165, 1.54) is 0 Å². The van der Waals surface area contributed by atoms with Crippen LogP contribution in [0.2, 0.25) is 0 Å². The number of ether oxygens (including phenoxy) is 1. The highest BCUT2D eigenvalue weighted by atomic mass is 16.5. The molecular weight excluding hydrogens is 456 g/mol. The van der Waals surface area contributed by atoms with Crippen molar-refractivity contribution in [2.45, 2.75) is 52.8 Å². The molecule has 0 bridgehead atoms. The van der Waals surface area contributed by atoms with E-state index in [1.54, 1.807) is 12.1 Å². The Morgan fingerprint density at radius 2 is 1.78 bits per heavy atom. The number of nitrogens with zero attached hydrogens (tertiary/aromatic N) is 2. The second-order valence-electron chi connectivity index (χ2n) is 9.55. The van der Waals surface area contributed by atoms with Gasteiger partial charge in [-0.3, -0.25) is 14.5 Å². The third-order valence-corrected chi connectivity index (χ3v) is 6.40. The third-order valence-electron chi connectivity index (χ3n) is 6.40. The van der Waals surface area contributed by atoms with Crippen molar-refractivity contribution >= 4 is 11.8 Å². The minimum atomic E-state index is -0.211. The molecule has 0 atom stereocenters. The predicted octanol–water partition coefficient (Wildman–Crippen LogP) is 4.06. The molecule has 36 heavy (non-hydrogen) atoms. The summed E-state index contributed by atoms with van der Waals surface area (Å²) in [6, 6.07) is 15.0. The van der Waals surface area contributed by atoms with E-state index in [9.17, 15) is 9.59 Å². The number of amides is 2. The normalized spacial score (nSPS) is 14.7. The summed E-state index contributed by atoms with van der Waals surface area (Å²) in [4.78, 5) is 31.0. The van der Waals surface area contributed by atoms with Gasteiger partial charge in [-0.05, 0) is 88.7 Å². The van der Waals surface area contributed by atoms with E-state index in [0.29, 0.717) is 24.5 Å². The standard InChI is InChI=1S/C28H34N4O4/c1-18(2)35-24-10-4-20(5-11-24)16-30-27(34)22-6-8-23(9-7-22)28-31-25(19(3)36-28)17-32-14-12-21(13-15-32)26(29)33/h4-11,18,21H,12-17H2,1-3H3,(H2,29,33)(H,30,34). The van der Waals surface area contributed by atoms with E-state index in [-0.39, 0.29) is 23.8 Å². The van der Waals surface area contributed by atoms with Crippen LogP contribution in [0.5, 0.6) is 5.75 Å². The highest BCUT2D eigenvalue weighted by Gasteiger charge is 2.24. The molecule has 0 saturated carbocycles. The summed E-state index contributed by atoms with van der Waals surface area (Å²) < 4.78 is 11.6. The number of nitrogens with two attached hydrogens (primary N) is 1. The van der Waals surface area contributed by atoms with Gasteiger partial charge < -0.3 is 20.2 Å². The van der Waals surface area contributed by atoms with Gasteiger partial charge in [0.15, 0.2) is 0 Å². The first kappa shape index (κ1) is 25.4. The summed E-state index contributed by atoms with van der Waals surface area (Å²) in [5.41, 5.74) is 8.70. The number of benzene rings is 2. The van der Waals surface area contributed by atoms with Gasteiger partial charge in [0.2, 0.25) is 11.8 Å². The van der Waals surface area contributed by atoms with E-state index in [2.05, 4.69) is 10.2 Å². The van der Waals surface area contributed by atoms with Crippen molar-refractivity contribution in [3.63, 3.8) is 0 Å². The van der Waals surface area contributed by atoms with Gasteiger partial charge in [0.1, 0.15) is 11.5 Å². The lowest BCUT2D eigenvalue weighted by molar-refractivity contribution is -0.123. The average molecular weight is 491 g/mol. The van der Waals surface area contributed by atoms with Crippen LogP contribution in [0.25, 0.3) is 11.5 Å².